The van der Waals surface area contributed by atoms with Crippen molar-refractivity contribution in [1.82, 2.24) is 4.98 Å². The molecule has 1 aliphatic rings. The van der Waals surface area contributed by atoms with Crippen LogP contribution in [0.2, 0.25) is 0 Å². The Hall–Kier alpha value is -2.85. The van der Waals surface area contributed by atoms with Crippen LogP contribution in [0.3, 0.4) is 0 Å². The van der Waals surface area contributed by atoms with E-state index in [1.54, 1.807) is 0 Å². The topological polar surface area (TPSA) is 63.7 Å². The van der Waals surface area contributed by atoms with Gasteiger partial charge in [0.1, 0.15) is 23.5 Å². The quantitative estimate of drug-likeness (QED) is 0.872. The van der Waals surface area contributed by atoms with Crippen LogP contribution in [-0.2, 0) is 19.4 Å². The van der Waals surface area contributed by atoms with E-state index in [2.05, 4.69) is 12.1 Å². The van der Waals surface area contributed by atoms with Crippen LogP contribution in [0.1, 0.15) is 40.8 Å². The van der Waals surface area contributed by atoms with Gasteiger partial charge in [0, 0.05) is 19.3 Å². The van der Waals surface area contributed by atoms with E-state index in [0.29, 0.717) is 23.5 Å². The van der Waals surface area contributed by atoms with Gasteiger partial charge in [0.05, 0.1) is 5.56 Å². The molecule has 0 radical (unpaired) electrons. The van der Waals surface area contributed by atoms with Crippen molar-refractivity contribution in [2.24, 2.45) is 0 Å². The highest BCUT2D eigenvalue weighted by Crippen LogP contribution is 2.30. The second-order valence-electron chi connectivity index (χ2n) is 5.88. The lowest BCUT2D eigenvalue weighted by atomic mass is 9.90. The Bertz CT molecular complexity index is 797. The fourth-order valence-corrected chi connectivity index (χ4v) is 3.17. The molecule has 0 bridgehead atoms. The van der Waals surface area contributed by atoms with E-state index in [1.165, 1.54) is 0 Å². The normalized spacial score (nSPS) is 12.8. The monoisotopic (exact) mass is 302 g/mol. The number of hydrogen-bond acceptors (Lipinski definition) is 4. The van der Waals surface area contributed by atoms with Gasteiger partial charge in [0.15, 0.2) is 0 Å². The van der Waals surface area contributed by atoms with Crippen molar-refractivity contribution in [2.75, 3.05) is 11.9 Å². The first-order chi connectivity index (χ1) is 11.2. The minimum atomic E-state index is 0.409. The summed E-state index contributed by atoms with van der Waals surface area (Å²) in [4.78, 5) is 6.70. The molecule has 1 aliphatic carbocycles. The number of nitrogens with zero attached hydrogens (tertiary/aromatic N) is 4. The summed E-state index contributed by atoms with van der Waals surface area (Å²) in [5, 5.41) is 19.1. The highest BCUT2D eigenvalue weighted by Gasteiger charge is 2.23. The maximum absolute atomic E-state index is 9.58. The fraction of sp³-hybridized carbons (Fsp3) is 0.316. The van der Waals surface area contributed by atoms with Crippen LogP contribution in [0.15, 0.2) is 30.3 Å². The summed E-state index contributed by atoms with van der Waals surface area (Å²) in [7, 11) is 1.92. The molecule has 2 aromatic rings. The maximum Gasteiger partial charge on any atom is 0.148 e. The van der Waals surface area contributed by atoms with Crippen LogP contribution in [0.4, 0.5) is 5.82 Å². The average molecular weight is 302 g/mol. The van der Waals surface area contributed by atoms with Gasteiger partial charge in [0.25, 0.3) is 0 Å². The number of aryl methyl sites for hydroxylation is 1. The number of rotatable bonds is 3. The third-order valence-electron chi connectivity index (χ3n) is 4.30. The Balaban J connectivity index is 2.05. The molecular weight excluding hydrogens is 284 g/mol. The standard InChI is InChI=1S/C19H18N4/c1-23(13-14-7-3-2-4-8-14)19-17(12-21)16(11-20)15-9-5-6-10-18(15)22-19/h2-4,7-8H,5-6,9-10,13H2,1H3. The van der Waals surface area contributed by atoms with Gasteiger partial charge in [-0.05, 0) is 36.8 Å². The number of anilines is 1. The van der Waals surface area contributed by atoms with Gasteiger partial charge in [-0.3, -0.25) is 0 Å². The average Bonchev–Trinajstić information content (AvgIpc) is 2.60. The summed E-state index contributed by atoms with van der Waals surface area (Å²) in [6.07, 6.45) is 3.90. The summed E-state index contributed by atoms with van der Waals surface area (Å²) >= 11 is 0. The maximum atomic E-state index is 9.58. The number of benzene rings is 1. The summed E-state index contributed by atoms with van der Waals surface area (Å²) in [5.74, 6) is 0.619. The van der Waals surface area contributed by atoms with Crippen molar-refractivity contribution in [3.8, 4) is 12.1 Å². The molecule has 23 heavy (non-hydrogen) atoms. The molecule has 0 N–H and O–H groups in total. The summed E-state index contributed by atoms with van der Waals surface area (Å²) < 4.78 is 0. The van der Waals surface area contributed by atoms with E-state index in [9.17, 15) is 10.5 Å². The van der Waals surface area contributed by atoms with E-state index < -0.39 is 0 Å². The van der Waals surface area contributed by atoms with Crippen molar-refractivity contribution in [3.05, 3.63) is 58.3 Å². The molecule has 0 aliphatic heterocycles. The molecule has 114 valence electrons. The molecule has 0 saturated carbocycles. The van der Waals surface area contributed by atoms with E-state index in [4.69, 9.17) is 4.98 Å². The number of nitriles is 2. The van der Waals surface area contributed by atoms with Crippen LogP contribution >= 0.6 is 0 Å². The second kappa shape index (κ2) is 6.50. The van der Waals surface area contributed by atoms with E-state index >= 15 is 0 Å². The van der Waals surface area contributed by atoms with Gasteiger partial charge >= 0.3 is 0 Å². The number of aromatic nitrogens is 1. The molecule has 0 spiro atoms. The van der Waals surface area contributed by atoms with Crippen molar-refractivity contribution < 1.29 is 0 Å². The molecule has 4 nitrogen and oxygen atoms in total. The highest BCUT2D eigenvalue weighted by atomic mass is 15.2. The largest absolute Gasteiger partial charge is 0.354 e. The Kier molecular flexibility index (Phi) is 4.26. The minimum Gasteiger partial charge on any atom is -0.354 e. The van der Waals surface area contributed by atoms with E-state index in [-0.39, 0.29) is 0 Å². The van der Waals surface area contributed by atoms with E-state index in [0.717, 1.165) is 42.5 Å². The lowest BCUT2D eigenvalue weighted by molar-refractivity contribution is 0.663. The predicted octanol–water partition coefficient (Wildman–Crippen LogP) is 3.34. The Morgan fingerprint density at radius 2 is 1.74 bits per heavy atom. The minimum absolute atomic E-state index is 0.409. The summed E-state index contributed by atoms with van der Waals surface area (Å²) in [5.41, 5.74) is 4.05. The molecule has 0 fully saturated rings. The lowest BCUT2D eigenvalue weighted by Crippen LogP contribution is -2.22. The first-order valence-electron chi connectivity index (χ1n) is 7.85. The molecule has 0 unspecified atom stereocenters. The Labute approximate surface area is 136 Å². The molecule has 1 heterocycles. The SMILES string of the molecule is CN(Cc1ccccc1)c1nc2c(c(C#N)c1C#N)CCCC2. The molecule has 1 aromatic heterocycles. The molecular formula is C19H18N4. The highest BCUT2D eigenvalue weighted by molar-refractivity contribution is 5.65. The number of hydrogen-bond donors (Lipinski definition) is 0. The molecule has 0 saturated heterocycles. The molecule has 3 rings (SSSR count). The van der Waals surface area contributed by atoms with E-state index in [1.807, 2.05) is 42.3 Å². The van der Waals surface area contributed by atoms with Gasteiger partial charge < -0.3 is 4.90 Å². The van der Waals surface area contributed by atoms with Gasteiger partial charge in [0.2, 0.25) is 0 Å². The molecule has 0 atom stereocenters. The lowest BCUT2D eigenvalue weighted by Gasteiger charge is -2.24. The summed E-state index contributed by atoms with van der Waals surface area (Å²) in [6.45, 7) is 0.659. The number of fused-ring (bicyclic) bond motifs is 1. The van der Waals surface area contributed by atoms with Crippen LogP contribution in [0.25, 0.3) is 0 Å². The van der Waals surface area contributed by atoms with Crippen molar-refractivity contribution >= 4 is 5.82 Å². The van der Waals surface area contributed by atoms with Crippen molar-refractivity contribution in [1.29, 1.82) is 10.5 Å². The van der Waals surface area contributed by atoms with Crippen LogP contribution in [0.5, 0.6) is 0 Å². The second-order valence-corrected chi connectivity index (χ2v) is 5.88. The third kappa shape index (κ3) is 2.89. The zero-order valence-corrected chi connectivity index (χ0v) is 13.2. The summed E-state index contributed by atoms with van der Waals surface area (Å²) in [6, 6.07) is 14.5. The van der Waals surface area contributed by atoms with Gasteiger partial charge in [-0.2, -0.15) is 10.5 Å². The zero-order chi connectivity index (χ0) is 16.2. The predicted molar refractivity (Wildman–Crippen MR) is 88.9 cm³/mol. The van der Waals surface area contributed by atoms with Crippen LogP contribution < -0.4 is 4.90 Å². The molecule has 0 amide bonds. The Morgan fingerprint density at radius 3 is 2.43 bits per heavy atom. The molecule has 1 aromatic carbocycles. The van der Waals surface area contributed by atoms with Crippen molar-refractivity contribution in [2.45, 2.75) is 32.2 Å². The number of pyridine rings is 1. The van der Waals surface area contributed by atoms with Gasteiger partial charge in [-0.25, -0.2) is 4.98 Å². The first kappa shape index (κ1) is 15.1. The smallest absolute Gasteiger partial charge is 0.148 e. The molecule has 4 heteroatoms. The van der Waals surface area contributed by atoms with Crippen LogP contribution in [0, 0.1) is 22.7 Å². The van der Waals surface area contributed by atoms with Gasteiger partial charge in [-0.15, -0.1) is 0 Å². The van der Waals surface area contributed by atoms with Crippen LogP contribution in [-0.4, -0.2) is 12.0 Å². The third-order valence-corrected chi connectivity index (χ3v) is 4.30. The Morgan fingerprint density at radius 1 is 1.04 bits per heavy atom. The zero-order valence-electron chi connectivity index (χ0n) is 13.2. The fourth-order valence-electron chi connectivity index (χ4n) is 3.17. The van der Waals surface area contributed by atoms with Gasteiger partial charge in [-0.1, -0.05) is 30.3 Å². The van der Waals surface area contributed by atoms with Crippen molar-refractivity contribution in [3.63, 3.8) is 0 Å². The first-order valence-corrected chi connectivity index (χ1v) is 7.85.